The van der Waals surface area contributed by atoms with Gasteiger partial charge < -0.3 is 10.6 Å². The second kappa shape index (κ2) is 12.1. The fraction of sp³-hybridized carbons (Fsp3) is 0.310. The van der Waals surface area contributed by atoms with Crippen molar-refractivity contribution in [3.8, 4) is 11.1 Å². The summed E-state index contributed by atoms with van der Waals surface area (Å²) < 4.78 is 25.7. The van der Waals surface area contributed by atoms with Crippen LogP contribution in [0.5, 0.6) is 0 Å². The number of nitrogens with zero attached hydrogens (tertiary/aromatic N) is 1. The highest BCUT2D eigenvalue weighted by Gasteiger charge is 2.30. The Morgan fingerprint density at radius 1 is 1.03 bits per heavy atom. The molecule has 0 aliphatic heterocycles. The lowest BCUT2D eigenvalue weighted by atomic mass is 9.90. The summed E-state index contributed by atoms with van der Waals surface area (Å²) >= 11 is 0. The van der Waals surface area contributed by atoms with Crippen LogP contribution in [0.1, 0.15) is 61.6 Å². The molecule has 1 atom stereocenters. The van der Waals surface area contributed by atoms with Gasteiger partial charge in [-0.25, -0.2) is 8.42 Å². The van der Waals surface area contributed by atoms with Crippen molar-refractivity contribution in [2.45, 2.75) is 57.5 Å². The molecule has 37 heavy (non-hydrogen) atoms. The van der Waals surface area contributed by atoms with Crippen LogP contribution >= 0.6 is 0 Å². The molecule has 1 aliphatic carbocycles. The number of thiol groups is 1. The number of nitrogen functional groups attached to an aromatic ring is 1. The molecule has 0 heterocycles. The van der Waals surface area contributed by atoms with E-state index in [-0.39, 0.29) is 17.8 Å². The number of carbonyl (C=O) groups excluding carboxylic acids is 1. The molecule has 4 rings (SSSR count). The highest BCUT2D eigenvalue weighted by atomic mass is 32.2. The number of carbonyl (C=O) groups is 1. The normalized spacial score (nSPS) is 14.8. The van der Waals surface area contributed by atoms with E-state index in [2.05, 4.69) is 4.72 Å². The third kappa shape index (κ3) is 6.57. The fourth-order valence-electron chi connectivity index (χ4n) is 5.10. The van der Waals surface area contributed by atoms with Crippen molar-refractivity contribution in [3.05, 3.63) is 89.5 Å². The van der Waals surface area contributed by atoms with E-state index in [1.54, 1.807) is 12.1 Å². The number of rotatable bonds is 9. The molecule has 1 unspecified atom stereocenters. The van der Waals surface area contributed by atoms with Gasteiger partial charge in [0.2, 0.25) is 16.8 Å². The molecule has 1 amide bonds. The van der Waals surface area contributed by atoms with Crippen LogP contribution in [0.3, 0.4) is 0 Å². The third-order valence-electron chi connectivity index (χ3n) is 7.10. The number of hydrogen-bond acceptors (Lipinski definition) is 4. The van der Waals surface area contributed by atoms with Gasteiger partial charge in [0.1, 0.15) is 5.84 Å². The van der Waals surface area contributed by atoms with E-state index in [1.807, 2.05) is 72.5 Å². The van der Waals surface area contributed by atoms with Gasteiger partial charge in [0, 0.05) is 23.7 Å². The Morgan fingerprint density at radius 3 is 2.43 bits per heavy atom. The largest absolute Gasteiger partial charge is 0.384 e. The van der Waals surface area contributed by atoms with Crippen molar-refractivity contribution < 1.29 is 13.2 Å². The highest BCUT2D eigenvalue weighted by molar-refractivity contribution is 7.73. The van der Waals surface area contributed by atoms with E-state index in [1.165, 1.54) is 6.42 Å². The van der Waals surface area contributed by atoms with Gasteiger partial charge in [-0.1, -0.05) is 79.9 Å². The average Bonchev–Trinajstić information content (AvgIpc) is 2.91. The Hall–Kier alpha value is -3.65. The van der Waals surface area contributed by atoms with Gasteiger partial charge in [0.25, 0.3) is 0 Å². The zero-order valence-corrected chi connectivity index (χ0v) is 21.9. The second-order valence-corrected chi connectivity index (χ2v) is 10.4. The van der Waals surface area contributed by atoms with Gasteiger partial charge in [-0.05, 0) is 48.6 Å². The minimum Gasteiger partial charge on any atom is -0.384 e. The number of nitrogens with one attached hydrogen (secondary N) is 2. The zero-order chi connectivity index (χ0) is 26.4. The lowest BCUT2D eigenvalue weighted by Crippen LogP contribution is -2.43. The number of benzene rings is 3. The molecular weight excluding hydrogens is 484 g/mol. The standard InChI is InChI=1S/C29H34N4O3S/c1-20(23-15-16-26(22-10-4-2-5-11-22)27(18-23)32-37(35)36)29(34)33(25-13-6-3-7-14-25)19-21-9-8-12-24(17-21)28(30)31/h2,4-5,8-12,15-18,20,25,37H,3,6-7,13-14,19H2,1H3,(H3,30,31)(H,32,35,36). The molecule has 4 N–H and O–H groups in total. The van der Waals surface area contributed by atoms with Crippen molar-refractivity contribution in [1.82, 2.24) is 4.90 Å². The van der Waals surface area contributed by atoms with Crippen molar-refractivity contribution in [3.63, 3.8) is 0 Å². The fourth-order valence-corrected chi connectivity index (χ4v) is 5.48. The maximum absolute atomic E-state index is 14.0. The quantitative estimate of drug-likeness (QED) is 0.180. The molecule has 1 saturated carbocycles. The van der Waals surface area contributed by atoms with E-state index in [0.717, 1.165) is 47.9 Å². The molecular formula is C29H34N4O3S. The number of amides is 1. The summed E-state index contributed by atoms with van der Waals surface area (Å²) in [5.74, 6) is -0.459. The van der Waals surface area contributed by atoms with Crippen LogP contribution in [0, 0.1) is 5.41 Å². The summed E-state index contributed by atoms with van der Waals surface area (Å²) in [5, 5.41) is 7.77. The smallest absolute Gasteiger partial charge is 0.230 e. The summed E-state index contributed by atoms with van der Waals surface area (Å²) in [5.41, 5.74) is 10.1. The van der Waals surface area contributed by atoms with Crippen LogP contribution in [0.25, 0.3) is 11.1 Å². The third-order valence-corrected chi connectivity index (χ3v) is 7.52. The first-order valence-corrected chi connectivity index (χ1v) is 13.9. The van der Waals surface area contributed by atoms with E-state index < -0.39 is 16.8 Å². The van der Waals surface area contributed by atoms with Crippen LogP contribution in [-0.4, -0.2) is 31.1 Å². The number of anilines is 1. The number of amidine groups is 1. The van der Waals surface area contributed by atoms with Crippen LogP contribution in [0.15, 0.2) is 72.8 Å². The maximum atomic E-state index is 14.0. The highest BCUT2D eigenvalue weighted by Crippen LogP contribution is 2.33. The predicted octanol–water partition coefficient (Wildman–Crippen LogP) is 5.04. The molecule has 0 bridgehead atoms. The van der Waals surface area contributed by atoms with E-state index in [0.29, 0.717) is 17.8 Å². The average molecular weight is 519 g/mol. The minimum atomic E-state index is -2.87. The van der Waals surface area contributed by atoms with Crippen LogP contribution in [-0.2, 0) is 22.2 Å². The Balaban J connectivity index is 1.66. The van der Waals surface area contributed by atoms with E-state index in [4.69, 9.17) is 11.1 Å². The first kappa shape index (κ1) is 26.4. The second-order valence-electron chi connectivity index (χ2n) is 9.63. The molecule has 194 valence electrons. The van der Waals surface area contributed by atoms with Gasteiger partial charge in [-0.3, -0.25) is 14.9 Å². The summed E-state index contributed by atoms with van der Waals surface area (Å²) in [6.45, 7) is 2.32. The SMILES string of the molecule is CC(C(=O)N(Cc1cccc(C(=N)N)c1)C1CCCCC1)c1ccc(-c2ccccc2)c(N[SH](=O)=O)c1. The first-order valence-electron chi connectivity index (χ1n) is 12.7. The van der Waals surface area contributed by atoms with Gasteiger partial charge >= 0.3 is 0 Å². The van der Waals surface area contributed by atoms with Crippen molar-refractivity contribution in [2.75, 3.05) is 4.72 Å². The minimum absolute atomic E-state index is 0.000929. The van der Waals surface area contributed by atoms with Crippen molar-refractivity contribution >= 4 is 28.3 Å². The molecule has 1 aliphatic rings. The van der Waals surface area contributed by atoms with Crippen LogP contribution in [0.2, 0.25) is 0 Å². The Morgan fingerprint density at radius 2 is 1.76 bits per heavy atom. The van der Waals surface area contributed by atoms with Crippen molar-refractivity contribution in [2.24, 2.45) is 5.73 Å². The molecule has 0 spiro atoms. The summed E-state index contributed by atoms with van der Waals surface area (Å²) in [4.78, 5) is 15.9. The zero-order valence-electron chi connectivity index (χ0n) is 21.0. The Labute approximate surface area is 220 Å². The molecule has 8 heteroatoms. The van der Waals surface area contributed by atoms with Gasteiger partial charge in [0.15, 0.2) is 0 Å². The molecule has 0 saturated heterocycles. The molecule has 3 aromatic carbocycles. The predicted molar refractivity (Wildman–Crippen MR) is 149 cm³/mol. The topological polar surface area (TPSA) is 116 Å². The monoisotopic (exact) mass is 518 g/mol. The van der Waals surface area contributed by atoms with Crippen molar-refractivity contribution in [1.29, 1.82) is 5.41 Å². The number of hydrogen-bond donors (Lipinski definition) is 4. The lowest BCUT2D eigenvalue weighted by molar-refractivity contribution is -0.136. The number of nitrogens with two attached hydrogens (primary N) is 1. The molecule has 7 nitrogen and oxygen atoms in total. The summed E-state index contributed by atoms with van der Waals surface area (Å²) in [6.07, 6.45) is 5.28. The molecule has 1 fully saturated rings. The van der Waals surface area contributed by atoms with E-state index >= 15 is 0 Å². The van der Waals surface area contributed by atoms with Gasteiger partial charge in [-0.2, -0.15) is 0 Å². The Kier molecular flexibility index (Phi) is 8.61. The Bertz CT molecular complexity index is 1330. The van der Waals surface area contributed by atoms with E-state index in [9.17, 15) is 13.2 Å². The van der Waals surface area contributed by atoms with Gasteiger partial charge in [0.05, 0.1) is 11.6 Å². The summed E-state index contributed by atoms with van der Waals surface area (Å²) in [6, 6.07) is 22.7. The first-order chi connectivity index (χ1) is 17.8. The van der Waals surface area contributed by atoms with Crippen LogP contribution in [0.4, 0.5) is 5.69 Å². The maximum Gasteiger partial charge on any atom is 0.230 e. The lowest BCUT2D eigenvalue weighted by Gasteiger charge is -2.36. The summed E-state index contributed by atoms with van der Waals surface area (Å²) in [7, 11) is -2.87. The molecule has 3 aromatic rings. The van der Waals surface area contributed by atoms with Crippen LogP contribution < -0.4 is 10.5 Å². The molecule has 0 radical (unpaired) electrons. The van der Waals surface area contributed by atoms with Gasteiger partial charge in [-0.15, -0.1) is 0 Å². The molecule has 0 aromatic heterocycles.